The van der Waals surface area contributed by atoms with Gasteiger partial charge in [0, 0.05) is 16.1 Å². The molecule has 5 nitrogen and oxygen atoms in total. The molecule has 1 aliphatic rings. The van der Waals surface area contributed by atoms with Gasteiger partial charge in [0.2, 0.25) is 5.79 Å². The number of hydrogen-bond donors (Lipinski definition) is 0. The molecule has 1 saturated heterocycles. The molecule has 1 aliphatic heterocycles. The zero-order chi connectivity index (χ0) is 20.6. The van der Waals surface area contributed by atoms with Gasteiger partial charge < -0.3 is 9.47 Å². The van der Waals surface area contributed by atoms with Crippen molar-refractivity contribution in [2.75, 3.05) is 19.0 Å². The average molecular weight is 498 g/mol. The molecule has 0 radical (unpaired) electrons. The summed E-state index contributed by atoms with van der Waals surface area (Å²) in [6, 6.07) is 18.1. The highest BCUT2D eigenvalue weighted by molar-refractivity contribution is 9.09. The van der Waals surface area contributed by atoms with Crippen molar-refractivity contribution in [3.63, 3.8) is 0 Å². The van der Waals surface area contributed by atoms with E-state index < -0.39 is 22.0 Å². The second-order valence-electron chi connectivity index (χ2n) is 6.63. The van der Waals surface area contributed by atoms with Crippen LogP contribution in [0.15, 0.2) is 65.6 Å². The number of rotatable bonds is 5. The van der Waals surface area contributed by atoms with E-state index in [1.807, 2.05) is 36.4 Å². The first-order valence-corrected chi connectivity index (χ1v) is 11.8. The molecule has 2 atom stereocenters. The Kier molecular flexibility index (Phi) is 5.72. The highest BCUT2D eigenvalue weighted by Gasteiger charge is 2.44. The van der Waals surface area contributed by atoms with E-state index in [2.05, 4.69) is 15.9 Å². The highest BCUT2D eigenvalue weighted by Crippen LogP contribution is 2.45. The molecule has 0 saturated carbocycles. The lowest BCUT2D eigenvalue weighted by atomic mass is 10.0. The Labute approximate surface area is 182 Å². The molecule has 3 aromatic carbocycles. The highest BCUT2D eigenvalue weighted by atomic mass is 79.9. The Morgan fingerprint density at radius 1 is 1.14 bits per heavy atom. The van der Waals surface area contributed by atoms with Crippen molar-refractivity contribution in [3.8, 4) is 0 Å². The molecule has 0 amide bonds. The van der Waals surface area contributed by atoms with Crippen LogP contribution in [0.3, 0.4) is 0 Å². The lowest BCUT2D eigenvalue weighted by Gasteiger charge is -2.27. The summed E-state index contributed by atoms with van der Waals surface area (Å²) in [7, 11) is -2.79. The van der Waals surface area contributed by atoms with Crippen LogP contribution < -0.4 is 0 Å². The molecular formula is C21H18BrClO5S. The Morgan fingerprint density at radius 2 is 1.86 bits per heavy atom. The lowest BCUT2D eigenvalue weighted by Crippen LogP contribution is -2.29. The normalized spacial score (nSPS) is 22.2. The predicted molar refractivity (Wildman–Crippen MR) is 115 cm³/mol. The Bertz CT molecular complexity index is 1150. The molecule has 29 heavy (non-hydrogen) atoms. The number of fused-ring (bicyclic) bond motifs is 1. The van der Waals surface area contributed by atoms with Gasteiger partial charge in [0.25, 0.3) is 10.1 Å². The van der Waals surface area contributed by atoms with Crippen molar-refractivity contribution in [1.29, 1.82) is 0 Å². The molecule has 1 fully saturated rings. The molecule has 0 aliphatic carbocycles. The van der Waals surface area contributed by atoms with Gasteiger partial charge in [-0.3, -0.25) is 4.18 Å². The number of ether oxygens (including phenoxy) is 2. The maximum absolute atomic E-state index is 12.6. The minimum Gasteiger partial charge on any atom is -0.342 e. The Hall–Kier alpha value is -1.48. The Morgan fingerprint density at radius 3 is 2.55 bits per heavy atom. The van der Waals surface area contributed by atoms with E-state index in [9.17, 15) is 8.42 Å². The van der Waals surface area contributed by atoms with Gasteiger partial charge >= 0.3 is 0 Å². The van der Waals surface area contributed by atoms with Crippen LogP contribution in [0, 0.1) is 0 Å². The molecule has 0 spiro atoms. The van der Waals surface area contributed by atoms with Gasteiger partial charge in [-0.05, 0) is 29.0 Å². The summed E-state index contributed by atoms with van der Waals surface area (Å²) in [6.07, 6.45) is -0.603. The fourth-order valence-electron chi connectivity index (χ4n) is 3.57. The van der Waals surface area contributed by atoms with Gasteiger partial charge in [-0.2, -0.15) is 8.42 Å². The van der Waals surface area contributed by atoms with E-state index in [1.165, 1.54) is 0 Å². The number of benzene rings is 3. The van der Waals surface area contributed by atoms with E-state index >= 15 is 0 Å². The van der Waals surface area contributed by atoms with E-state index in [4.69, 9.17) is 25.3 Å². The quantitative estimate of drug-likeness (QED) is 0.360. The number of halogens is 2. The topological polar surface area (TPSA) is 61.8 Å². The van der Waals surface area contributed by atoms with E-state index in [1.54, 1.807) is 24.3 Å². The standard InChI is InChI=1S/C21H18BrClO5S/c1-26-29(24,25)19-11-6-14-4-2-3-5-17(14)20(19)18-12-27-21(13-22,28-18)15-7-9-16(23)10-8-15/h2-11,18H,12-13H2,1H3/t18-,21-/m0/s1. The molecule has 0 aromatic heterocycles. The third-order valence-electron chi connectivity index (χ3n) is 5.00. The molecular weight excluding hydrogens is 480 g/mol. The van der Waals surface area contributed by atoms with Crippen LogP contribution in [0.25, 0.3) is 10.8 Å². The summed E-state index contributed by atoms with van der Waals surface area (Å²) in [5.74, 6) is -1.06. The van der Waals surface area contributed by atoms with Crippen LogP contribution in [0.4, 0.5) is 0 Å². The summed E-state index contributed by atoms with van der Waals surface area (Å²) in [5.41, 5.74) is 1.32. The summed E-state index contributed by atoms with van der Waals surface area (Å²) < 4.78 is 42.5. The second-order valence-corrected chi connectivity index (χ2v) is 9.31. The third kappa shape index (κ3) is 3.71. The minimum absolute atomic E-state index is 0.0776. The average Bonchev–Trinajstić information content (AvgIpc) is 3.19. The zero-order valence-electron chi connectivity index (χ0n) is 15.5. The number of alkyl halides is 1. The summed E-state index contributed by atoms with van der Waals surface area (Å²) >= 11 is 9.49. The zero-order valence-corrected chi connectivity index (χ0v) is 18.6. The van der Waals surface area contributed by atoms with Crippen LogP contribution in [0.5, 0.6) is 0 Å². The molecule has 152 valence electrons. The van der Waals surface area contributed by atoms with Gasteiger partial charge in [0.05, 0.1) is 19.0 Å². The first-order valence-electron chi connectivity index (χ1n) is 8.86. The maximum Gasteiger partial charge on any atom is 0.297 e. The fraction of sp³-hybridized carbons (Fsp3) is 0.238. The smallest absolute Gasteiger partial charge is 0.297 e. The van der Waals surface area contributed by atoms with Gasteiger partial charge in [0.15, 0.2) is 0 Å². The minimum atomic E-state index is -3.94. The third-order valence-corrected chi connectivity index (χ3v) is 7.33. The molecule has 0 bridgehead atoms. The van der Waals surface area contributed by atoms with E-state index in [0.29, 0.717) is 15.9 Å². The van der Waals surface area contributed by atoms with E-state index in [0.717, 1.165) is 23.4 Å². The van der Waals surface area contributed by atoms with Gasteiger partial charge in [0.1, 0.15) is 11.0 Å². The Balaban J connectivity index is 1.85. The molecule has 4 rings (SSSR count). The van der Waals surface area contributed by atoms with Gasteiger partial charge in [-0.1, -0.05) is 70.0 Å². The van der Waals surface area contributed by atoms with Crippen molar-refractivity contribution in [1.82, 2.24) is 0 Å². The van der Waals surface area contributed by atoms with Crippen molar-refractivity contribution >= 4 is 48.4 Å². The monoisotopic (exact) mass is 496 g/mol. The molecule has 0 unspecified atom stereocenters. The van der Waals surface area contributed by atoms with Crippen molar-refractivity contribution in [3.05, 3.63) is 76.8 Å². The summed E-state index contributed by atoms with van der Waals surface area (Å²) in [4.78, 5) is 0.0776. The SMILES string of the molecule is COS(=O)(=O)c1ccc2ccccc2c1[C@@H]1CO[C@](CBr)(c2ccc(Cl)cc2)O1. The first-order chi connectivity index (χ1) is 13.9. The van der Waals surface area contributed by atoms with Crippen LogP contribution in [0.2, 0.25) is 5.02 Å². The maximum atomic E-state index is 12.6. The summed E-state index contributed by atoms with van der Waals surface area (Å²) in [6.45, 7) is 0.189. The van der Waals surface area contributed by atoms with Crippen molar-refractivity contribution in [2.24, 2.45) is 0 Å². The van der Waals surface area contributed by atoms with Crippen molar-refractivity contribution < 1.29 is 22.1 Å². The van der Waals surface area contributed by atoms with Crippen LogP contribution in [0.1, 0.15) is 17.2 Å². The molecule has 1 heterocycles. The lowest BCUT2D eigenvalue weighted by molar-refractivity contribution is -0.157. The van der Waals surface area contributed by atoms with Crippen LogP contribution in [-0.2, 0) is 29.6 Å². The van der Waals surface area contributed by atoms with Crippen molar-refractivity contribution in [2.45, 2.75) is 16.8 Å². The first kappa shape index (κ1) is 20.8. The molecule has 8 heteroatoms. The molecule has 0 N–H and O–H groups in total. The second kappa shape index (κ2) is 7.98. The molecule has 3 aromatic rings. The summed E-state index contributed by atoms with van der Waals surface area (Å²) in [5, 5.41) is 2.66. The number of hydrogen-bond acceptors (Lipinski definition) is 5. The van der Waals surface area contributed by atoms with E-state index in [-0.39, 0.29) is 11.5 Å². The van der Waals surface area contributed by atoms with Crippen LogP contribution >= 0.6 is 27.5 Å². The fourth-order valence-corrected chi connectivity index (χ4v) is 5.24. The van der Waals surface area contributed by atoms with Gasteiger partial charge in [-0.15, -0.1) is 0 Å². The predicted octanol–water partition coefficient (Wildman–Crippen LogP) is 5.16. The van der Waals surface area contributed by atoms with Gasteiger partial charge in [-0.25, -0.2) is 0 Å². The largest absolute Gasteiger partial charge is 0.342 e. The van der Waals surface area contributed by atoms with Crippen LogP contribution in [-0.4, -0.2) is 27.5 Å².